The van der Waals surface area contributed by atoms with Gasteiger partial charge in [-0.25, -0.2) is 8.42 Å². The molecule has 1 N–H and O–H groups in total. The van der Waals surface area contributed by atoms with Gasteiger partial charge in [0.2, 0.25) is 10.0 Å². The van der Waals surface area contributed by atoms with Gasteiger partial charge in [0.1, 0.15) is 17.8 Å². The van der Waals surface area contributed by atoms with Gasteiger partial charge in [-0.15, -0.1) is 0 Å². The second kappa shape index (κ2) is 11.1. The number of hydrogen-bond donors (Lipinski definition) is 1. The molecule has 0 aliphatic carbocycles. The van der Waals surface area contributed by atoms with Crippen molar-refractivity contribution >= 4 is 16.0 Å². The summed E-state index contributed by atoms with van der Waals surface area (Å²) in [4.78, 5) is 6.45. The molecule has 2 aromatic rings. The summed E-state index contributed by atoms with van der Waals surface area (Å²) in [6, 6.07) is 9.71. The van der Waals surface area contributed by atoms with Crippen molar-refractivity contribution in [1.82, 2.24) is 19.7 Å². The highest BCUT2D eigenvalue weighted by atomic mass is 32.2. The second-order valence-corrected chi connectivity index (χ2v) is 9.32. The summed E-state index contributed by atoms with van der Waals surface area (Å²) < 4.78 is 37.1. The SMILES string of the molecule is CCCOc1cccc(CCNC(=NC)N2CCN(S(=O)(=O)Cc3ccon3)CC2)c1. The van der Waals surface area contributed by atoms with Crippen LogP contribution >= 0.6 is 0 Å². The smallest absolute Gasteiger partial charge is 0.220 e. The minimum atomic E-state index is -3.41. The summed E-state index contributed by atoms with van der Waals surface area (Å²) in [5, 5.41) is 7.09. The topological polar surface area (TPSA) is 100 Å². The molecule has 0 radical (unpaired) electrons. The molecule has 1 saturated heterocycles. The van der Waals surface area contributed by atoms with Crippen molar-refractivity contribution in [2.45, 2.75) is 25.5 Å². The Kier molecular flexibility index (Phi) is 8.30. The Morgan fingerprint density at radius 3 is 2.74 bits per heavy atom. The first-order valence-electron chi connectivity index (χ1n) is 10.6. The van der Waals surface area contributed by atoms with Gasteiger partial charge in [0.25, 0.3) is 0 Å². The highest BCUT2D eigenvalue weighted by Crippen LogP contribution is 2.15. The molecule has 10 heteroatoms. The Labute approximate surface area is 184 Å². The fourth-order valence-corrected chi connectivity index (χ4v) is 4.85. The van der Waals surface area contributed by atoms with Crippen LogP contribution in [0.2, 0.25) is 0 Å². The third kappa shape index (κ3) is 6.70. The molecule has 0 atom stereocenters. The van der Waals surface area contributed by atoms with Crippen molar-refractivity contribution in [3.8, 4) is 5.75 Å². The van der Waals surface area contributed by atoms with E-state index in [0.29, 0.717) is 38.5 Å². The molecule has 2 heterocycles. The van der Waals surface area contributed by atoms with Crippen LogP contribution in [0.25, 0.3) is 0 Å². The number of benzene rings is 1. The van der Waals surface area contributed by atoms with Crippen molar-refractivity contribution < 1.29 is 17.7 Å². The van der Waals surface area contributed by atoms with Gasteiger partial charge in [0.15, 0.2) is 5.96 Å². The van der Waals surface area contributed by atoms with E-state index in [2.05, 4.69) is 39.4 Å². The quantitative estimate of drug-likeness (QED) is 0.460. The Morgan fingerprint density at radius 2 is 2.06 bits per heavy atom. The van der Waals surface area contributed by atoms with Crippen molar-refractivity contribution in [2.75, 3.05) is 46.4 Å². The minimum Gasteiger partial charge on any atom is -0.494 e. The van der Waals surface area contributed by atoms with Crippen LogP contribution in [0.1, 0.15) is 24.6 Å². The molecule has 1 aliphatic rings. The number of hydrogen-bond acceptors (Lipinski definition) is 6. The number of nitrogens with zero attached hydrogens (tertiary/aromatic N) is 4. The molecule has 0 spiro atoms. The zero-order valence-electron chi connectivity index (χ0n) is 18.2. The van der Waals surface area contributed by atoms with Gasteiger partial charge in [-0.3, -0.25) is 4.99 Å². The average Bonchev–Trinajstić information content (AvgIpc) is 3.28. The van der Waals surface area contributed by atoms with E-state index in [4.69, 9.17) is 9.26 Å². The minimum absolute atomic E-state index is 0.141. The Morgan fingerprint density at radius 1 is 1.26 bits per heavy atom. The lowest BCUT2D eigenvalue weighted by molar-refractivity contribution is 0.260. The zero-order chi connectivity index (χ0) is 22.1. The maximum Gasteiger partial charge on any atom is 0.220 e. The van der Waals surface area contributed by atoms with Gasteiger partial charge in [-0.1, -0.05) is 24.2 Å². The number of piperazine rings is 1. The average molecular weight is 450 g/mol. The molecule has 0 saturated carbocycles. The van der Waals surface area contributed by atoms with E-state index in [9.17, 15) is 8.42 Å². The van der Waals surface area contributed by atoms with Crippen LogP contribution in [0, 0.1) is 0 Å². The van der Waals surface area contributed by atoms with Crippen LogP contribution in [-0.4, -0.2) is 75.1 Å². The van der Waals surface area contributed by atoms with Crippen molar-refractivity contribution in [1.29, 1.82) is 0 Å². The van der Waals surface area contributed by atoms with E-state index in [1.807, 2.05) is 12.1 Å². The molecule has 1 aromatic carbocycles. The van der Waals surface area contributed by atoms with Crippen LogP contribution in [0.4, 0.5) is 0 Å². The fourth-order valence-electron chi connectivity index (χ4n) is 3.43. The summed E-state index contributed by atoms with van der Waals surface area (Å²) in [5.74, 6) is 1.54. The molecule has 0 amide bonds. The summed E-state index contributed by atoms with van der Waals surface area (Å²) in [7, 11) is -1.67. The second-order valence-electron chi connectivity index (χ2n) is 7.35. The van der Waals surface area contributed by atoms with Gasteiger partial charge >= 0.3 is 0 Å². The van der Waals surface area contributed by atoms with E-state index >= 15 is 0 Å². The summed E-state index contributed by atoms with van der Waals surface area (Å²) >= 11 is 0. The van der Waals surface area contributed by atoms with Gasteiger partial charge < -0.3 is 19.5 Å². The molecule has 0 bridgehead atoms. The number of aliphatic imine (C=N–C) groups is 1. The number of rotatable bonds is 9. The third-order valence-electron chi connectivity index (χ3n) is 5.03. The zero-order valence-corrected chi connectivity index (χ0v) is 19.0. The first kappa shape index (κ1) is 23.1. The van der Waals surface area contributed by atoms with Gasteiger partial charge in [0, 0.05) is 45.8 Å². The number of ether oxygens (including phenoxy) is 1. The molecular weight excluding hydrogens is 418 g/mol. The van der Waals surface area contributed by atoms with E-state index < -0.39 is 10.0 Å². The predicted molar refractivity (Wildman–Crippen MR) is 120 cm³/mol. The number of nitrogens with one attached hydrogen (secondary N) is 1. The summed E-state index contributed by atoms with van der Waals surface area (Å²) in [6.07, 6.45) is 3.21. The van der Waals surface area contributed by atoms with Crippen LogP contribution in [0.3, 0.4) is 0 Å². The molecule has 9 nitrogen and oxygen atoms in total. The lowest BCUT2D eigenvalue weighted by Gasteiger charge is -2.35. The number of aromatic nitrogens is 1. The first-order chi connectivity index (χ1) is 15.0. The van der Waals surface area contributed by atoms with Crippen molar-refractivity contribution in [3.05, 3.63) is 47.9 Å². The lowest BCUT2D eigenvalue weighted by Crippen LogP contribution is -2.54. The molecule has 0 unspecified atom stereocenters. The van der Waals surface area contributed by atoms with Gasteiger partial charge in [0.05, 0.1) is 12.3 Å². The monoisotopic (exact) mass is 449 g/mol. The fraction of sp³-hybridized carbons (Fsp3) is 0.524. The number of sulfonamides is 1. The first-order valence-corrected chi connectivity index (χ1v) is 12.2. The third-order valence-corrected chi connectivity index (χ3v) is 6.85. The van der Waals surface area contributed by atoms with E-state index in [1.165, 1.54) is 16.1 Å². The van der Waals surface area contributed by atoms with E-state index in [-0.39, 0.29) is 5.75 Å². The lowest BCUT2D eigenvalue weighted by atomic mass is 10.1. The highest BCUT2D eigenvalue weighted by Gasteiger charge is 2.28. The molecular formula is C21H31N5O4S. The van der Waals surface area contributed by atoms with E-state index in [0.717, 1.165) is 31.1 Å². The standard InChI is InChI=1S/C21H31N5O4S/c1-3-14-29-20-6-4-5-18(16-20)7-9-23-21(22-2)25-10-12-26(13-11-25)31(27,28)17-19-8-15-30-24-19/h4-6,8,15-16H,3,7,9-14,17H2,1-2H3,(H,22,23). The Balaban J connectivity index is 1.46. The van der Waals surface area contributed by atoms with Gasteiger partial charge in [-0.2, -0.15) is 4.31 Å². The maximum atomic E-state index is 12.6. The molecule has 1 aromatic heterocycles. The maximum absolute atomic E-state index is 12.6. The highest BCUT2D eigenvalue weighted by molar-refractivity contribution is 7.88. The Bertz CT molecular complexity index is 938. The predicted octanol–water partition coefficient (Wildman–Crippen LogP) is 1.73. The summed E-state index contributed by atoms with van der Waals surface area (Å²) in [5.41, 5.74) is 1.62. The van der Waals surface area contributed by atoms with E-state index in [1.54, 1.807) is 13.1 Å². The molecule has 3 rings (SSSR count). The van der Waals surface area contributed by atoms with Crippen molar-refractivity contribution in [3.63, 3.8) is 0 Å². The normalized spacial score (nSPS) is 15.8. The van der Waals surface area contributed by atoms with Crippen LogP contribution in [0.15, 0.2) is 46.1 Å². The van der Waals surface area contributed by atoms with Crippen LogP contribution < -0.4 is 10.1 Å². The van der Waals surface area contributed by atoms with Gasteiger partial charge in [-0.05, 0) is 30.5 Å². The molecule has 1 aliphatic heterocycles. The molecule has 1 fully saturated rings. The molecule has 31 heavy (non-hydrogen) atoms. The van der Waals surface area contributed by atoms with Crippen LogP contribution in [0.5, 0.6) is 5.75 Å². The van der Waals surface area contributed by atoms with Crippen molar-refractivity contribution in [2.24, 2.45) is 4.99 Å². The number of guanidine groups is 1. The van der Waals surface area contributed by atoms with Crippen LogP contribution in [-0.2, 0) is 22.2 Å². The Hall–Kier alpha value is -2.59. The molecule has 170 valence electrons. The largest absolute Gasteiger partial charge is 0.494 e. The summed E-state index contributed by atoms with van der Waals surface area (Å²) in [6.45, 7) is 5.53.